The Bertz CT molecular complexity index is 1660. The summed E-state index contributed by atoms with van der Waals surface area (Å²) in [6, 6.07) is 0. The summed E-state index contributed by atoms with van der Waals surface area (Å²) in [6.45, 7) is 13.7. The number of fused-ring (bicyclic) bond motifs is 10. The van der Waals surface area contributed by atoms with Crippen molar-refractivity contribution in [3.05, 3.63) is 34.9 Å². The van der Waals surface area contributed by atoms with Gasteiger partial charge in [-0.1, -0.05) is 50.5 Å². The highest BCUT2D eigenvalue weighted by molar-refractivity contribution is 5.93. The van der Waals surface area contributed by atoms with Crippen LogP contribution < -0.4 is 0 Å². The Morgan fingerprint density at radius 2 is 1.10 bits per heavy atom. The molecule has 0 aliphatic heterocycles. The molecule has 3 unspecified atom stereocenters. The lowest BCUT2D eigenvalue weighted by Gasteiger charge is -2.62. The summed E-state index contributed by atoms with van der Waals surface area (Å²) in [4.78, 5) is 53.2. The Hall–Kier alpha value is -2.10. The van der Waals surface area contributed by atoms with E-state index in [1.54, 1.807) is 5.57 Å². The Morgan fingerprint density at radius 3 is 1.65 bits per heavy atom. The summed E-state index contributed by atoms with van der Waals surface area (Å²) < 4.78 is 0. The first-order valence-electron chi connectivity index (χ1n) is 21.4. The molecule has 0 saturated heterocycles. The minimum atomic E-state index is -0.0353. The van der Waals surface area contributed by atoms with E-state index in [-0.39, 0.29) is 45.3 Å². The van der Waals surface area contributed by atoms with Gasteiger partial charge >= 0.3 is 0 Å². The minimum absolute atomic E-state index is 0.00782. The first-order valence-corrected chi connectivity index (χ1v) is 21.4. The summed E-state index contributed by atoms with van der Waals surface area (Å²) in [5, 5.41) is 0. The molecule has 0 radical (unpaired) electrons. The molecular weight excluding hydrogens is 629 g/mol. The Morgan fingerprint density at radius 1 is 0.588 bits per heavy atom. The predicted octanol–water partition coefficient (Wildman–Crippen LogP) is 10.2. The van der Waals surface area contributed by atoms with E-state index < -0.39 is 0 Å². The molecular formula is C47H64O4. The van der Waals surface area contributed by atoms with Crippen molar-refractivity contribution < 1.29 is 19.2 Å². The Balaban J connectivity index is 1.06. The highest BCUT2D eigenvalue weighted by Crippen LogP contribution is 2.72. The highest BCUT2D eigenvalue weighted by atomic mass is 16.1. The SMILES string of the molecule is CC(=O)[C@H]1CC[C@H]2[C@@H]3CCC4=CC(=O)CC(C5=CCCC5C5CC(=O)C=C6CC[C@H]7[C@@H]8CC[C@H](C(C)=O)[C@@]8(C)CC[C@@H]7[C@@]65C)[C@@]4(C)[C@H]3CC[C@]12C. The lowest BCUT2D eigenvalue weighted by Crippen LogP contribution is -2.56. The third-order valence-electron chi connectivity index (χ3n) is 19.4. The number of hydrogen-bond acceptors (Lipinski definition) is 4. The van der Waals surface area contributed by atoms with E-state index in [0.717, 1.165) is 64.2 Å². The number of hydrogen-bond donors (Lipinski definition) is 0. The molecule has 6 fully saturated rings. The fourth-order valence-corrected chi connectivity index (χ4v) is 17.3. The van der Waals surface area contributed by atoms with Crippen molar-refractivity contribution >= 4 is 23.1 Å². The van der Waals surface area contributed by atoms with Gasteiger partial charge in [-0.2, -0.15) is 0 Å². The van der Waals surface area contributed by atoms with Crippen molar-refractivity contribution in [3.63, 3.8) is 0 Å². The molecule has 4 heteroatoms. The van der Waals surface area contributed by atoms with Gasteiger partial charge in [-0.3, -0.25) is 19.2 Å². The summed E-state index contributed by atoms with van der Waals surface area (Å²) in [5.41, 5.74) is 4.59. The van der Waals surface area contributed by atoms with Gasteiger partial charge in [0.1, 0.15) is 11.6 Å². The Kier molecular flexibility index (Phi) is 7.95. The van der Waals surface area contributed by atoms with Crippen molar-refractivity contribution in [3.8, 4) is 0 Å². The summed E-state index contributed by atoms with van der Waals surface area (Å²) >= 11 is 0. The van der Waals surface area contributed by atoms with Crippen LogP contribution in [0.4, 0.5) is 0 Å². The zero-order chi connectivity index (χ0) is 35.8. The average Bonchev–Trinajstić information content (AvgIpc) is 3.79. The standard InChI is InChI=1S/C47H64O4/c1-26(48)36-14-16-38-34-12-10-28-22-30(50)24-42(46(28,5)40(34)18-20-44(36,38)3)32-8-7-9-33(32)43-25-31(51)23-29-11-13-35-39-17-15-37(27(2)49)45(39,4)21-19-41(35)47(29,43)6/h8,22-23,33-43H,7,9-21,24-25H2,1-6H3/t33?,34-,35-,36+,37+,38-,39-,40-,41-,42?,43?,44+,45+,46+,47+/m0/s1. The highest BCUT2D eigenvalue weighted by Gasteiger charge is 2.65. The topological polar surface area (TPSA) is 68.3 Å². The summed E-state index contributed by atoms with van der Waals surface area (Å²) in [5.74, 6) is 6.27. The van der Waals surface area contributed by atoms with Gasteiger partial charge in [0.15, 0.2) is 11.6 Å². The molecule has 0 heterocycles. The van der Waals surface area contributed by atoms with E-state index in [4.69, 9.17) is 0 Å². The molecule has 0 aromatic carbocycles. The fourth-order valence-electron chi connectivity index (χ4n) is 17.3. The van der Waals surface area contributed by atoms with Crippen LogP contribution >= 0.6 is 0 Å². The van der Waals surface area contributed by atoms with E-state index >= 15 is 0 Å². The van der Waals surface area contributed by atoms with Crippen LogP contribution in [-0.4, -0.2) is 23.1 Å². The quantitative estimate of drug-likeness (QED) is 0.275. The molecule has 0 aromatic heterocycles. The third-order valence-corrected chi connectivity index (χ3v) is 19.4. The largest absolute Gasteiger partial charge is 0.300 e. The second-order valence-corrected chi connectivity index (χ2v) is 20.7. The van der Waals surface area contributed by atoms with E-state index in [1.165, 1.54) is 36.8 Å². The van der Waals surface area contributed by atoms with Gasteiger partial charge < -0.3 is 0 Å². The number of carbonyl (C=O) groups is 4. The van der Waals surface area contributed by atoms with Crippen LogP contribution in [0.25, 0.3) is 0 Å². The first kappa shape index (κ1) is 34.7. The monoisotopic (exact) mass is 692 g/mol. The number of Topliss-reactive ketones (excluding diaryl/α,β-unsaturated/α-hetero) is 2. The first-order chi connectivity index (χ1) is 24.2. The van der Waals surface area contributed by atoms with Crippen LogP contribution in [0.1, 0.15) is 144 Å². The van der Waals surface area contributed by atoms with Crippen molar-refractivity contribution in [2.24, 2.45) is 86.8 Å². The van der Waals surface area contributed by atoms with Gasteiger partial charge in [-0.05, 0) is 191 Å². The van der Waals surface area contributed by atoms with Crippen LogP contribution in [0.15, 0.2) is 34.9 Å². The number of carbonyl (C=O) groups excluding carboxylic acids is 4. The van der Waals surface area contributed by atoms with Gasteiger partial charge in [-0.25, -0.2) is 0 Å². The van der Waals surface area contributed by atoms with Gasteiger partial charge in [0.25, 0.3) is 0 Å². The zero-order valence-electron chi connectivity index (χ0n) is 32.5. The number of rotatable bonds is 4. The molecule has 9 aliphatic carbocycles. The van der Waals surface area contributed by atoms with E-state index in [1.807, 2.05) is 13.8 Å². The number of allylic oxidation sites excluding steroid dienone is 4. The van der Waals surface area contributed by atoms with Gasteiger partial charge in [-0.15, -0.1) is 0 Å². The minimum Gasteiger partial charge on any atom is -0.300 e. The molecule has 6 saturated carbocycles. The molecule has 4 nitrogen and oxygen atoms in total. The van der Waals surface area contributed by atoms with Crippen molar-refractivity contribution in [1.82, 2.24) is 0 Å². The molecule has 0 amide bonds. The van der Waals surface area contributed by atoms with Crippen LogP contribution in [0.2, 0.25) is 0 Å². The van der Waals surface area contributed by atoms with Crippen molar-refractivity contribution in [2.75, 3.05) is 0 Å². The van der Waals surface area contributed by atoms with E-state index in [2.05, 4.69) is 45.9 Å². The fraction of sp³-hybridized carbons (Fsp3) is 0.787. The maximum atomic E-state index is 13.7. The van der Waals surface area contributed by atoms with Crippen LogP contribution in [0, 0.1) is 86.8 Å². The number of ketones is 4. The summed E-state index contributed by atoms with van der Waals surface area (Å²) in [6.07, 6.45) is 23.6. The Labute approximate surface area is 307 Å². The molecule has 0 bridgehead atoms. The molecule has 0 spiro atoms. The van der Waals surface area contributed by atoms with Crippen LogP contribution in [0.5, 0.6) is 0 Å². The van der Waals surface area contributed by atoms with Crippen LogP contribution in [0.3, 0.4) is 0 Å². The lowest BCUT2D eigenvalue weighted by atomic mass is 9.41. The molecule has 276 valence electrons. The van der Waals surface area contributed by atoms with E-state index in [0.29, 0.717) is 77.4 Å². The van der Waals surface area contributed by atoms with E-state index in [9.17, 15) is 19.2 Å². The maximum Gasteiger partial charge on any atom is 0.156 e. The molecule has 0 aromatic rings. The normalized spacial score (nSPS) is 51.6. The third kappa shape index (κ3) is 4.61. The van der Waals surface area contributed by atoms with Gasteiger partial charge in [0.05, 0.1) is 0 Å². The second-order valence-electron chi connectivity index (χ2n) is 20.7. The predicted molar refractivity (Wildman–Crippen MR) is 200 cm³/mol. The molecule has 9 rings (SSSR count). The molecule has 0 N–H and O–H groups in total. The molecule has 15 atom stereocenters. The molecule has 9 aliphatic rings. The second kappa shape index (κ2) is 11.7. The van der Waals surface area contributed by atoms with Gasteiger partial charge in [0, 0.05) is 24.7 Å². The maximum absolute atomic E-state index is 13.7. The smallest absolute Gasteiger partial charge is 0.156 e. The lowest BCUT2D eigenvalue weighted by molar-refractivity contribution is -0.132. The molecule has 51 heavy (non-hydrogen) atoms. The van der Waals surface area contributed by atoms with Gasteiger partial charge in [0.2, 0.25) is 0 Å². The zero-order valence-corrected chi connectivity index (χ0v) is 32.5. The van der Waals surface area contributed by atoms with Crippen molar-refractivity contribution in [2.45, 2.75) is 144 Å². The van der Waals surface area contributed by atoms with Crippen molar-refractivity contribution in [1.29, 1.82) is 0 Å². The summed E-state index contributed by atoms with van der Waals surface area (Å²) in [7, 11) is 0. The average molecular weight is 693 g/mol. The van der Waals surface area contributed by atoms with Crippen LogP contribution in [-0.2, 0) is 19.2 Å².